The zero-order chi connectivity index (χ0) is 19.9. The summed E-state index contributed by atoms with van der Waals surface area (Å²) in [6.45, 7) is 5.94. The number of rotatable bonds is 8. The second kappa shape index (κ2) is 9.87. The van der Waals surface area contributed by atoms with E-state index in [2.05, 4.69) is 17.2 Å². The predicted molar refractivity (Wildman–Crippen MR) is 110 cm³/mol. The number of carbonyl (C=O) groups is 2. The maximum Gasteiger partial charge on any atom is 0.273 e. The second-order valence-electron chi connectivity index (χ2n) is 7.34. The van der Waals surface area contributed by atoms with Crippen molar-refractivity contribution in [2.75, 3.05) is 19.6 Å². The zero-order valence-corrected chi connectivity index (χ0v) is 17.5. The molecule has 0 aliphatic carbocycles. The van der Waals surface area contributed by atoms with E-state index < -0.39 is 0 Å². The first kappa shape index (κ1) is 20.6. The lowest BCUT2D eigenvalue weighted by molar-refractivity contribution is -0.126. The minimum Gasteiger partial charge on any atom is -0.462 e. The smallest absolute Gasteiger partial charge is 0.273 e. The van der Waals surface area contributed by atoms with Gasteiger partial charge in [-0.15, -0.1) is 11.3 Å². The molecule has 0 saturated carbocycles. The molecule has 28 heavy (non-hydrogen) atoms. The van der Waals surface area contributed by atoms with Gasteiger partial charge in [-0.05, 0) is 38.3 Å². The molecule has 1 unspecified atom stereocenters. The fourth-order valence-corrected chi connectivity index (χ4v) is 4.41. The third kappa shape index (κ3) is 5.01. The highest BCUT2D eigenvalue weighted by Gasteiger charge is 2.30. The van der Waals surface area contributed by atoms with Crippen molar-refractivity contribution >= 4 is 23.2 Å². The summed E-state index contributed by atoms with van der Waals surface area (Å²) in [5.74, 6) is 0.519. The van der Waals surface area contributed by atoms with E-state index in [9.17, 15) is 9.59 Å². The molecule has 1 atom stereocenters. The van der Waals surface area contributed by atoms with Crippen LogP contribution in [0.2, 0.25) is 0 Å². The third-order valence-electron chi connectivity index (χ3n) is 5.14. The SMILES string of the molecule is CCCCCCNC(=O)C1CCCN(C(=O)c2nc(-c3ccco3)sc2C)C1. The molecule has 0 bridgehead atoms. The van der Waals surface area contributed by atoms with Gasteiger partial charge in [-0.1, -0.05) is 26.2 Å². The van der Waals surface area contributed by atoms with Crippen LogP contribution in [-0.4, -0.2) is 41.3 Å². The summed E-state index contributed by atoms with van der Waals surface area (Å²) >= 11 is 1.46. The summed E-state index contributed by atoms with van der Waals surface area (Å²) in [5, 5.41) is 3.75. The Morgan fingerprint density at radius 1 is 1.36 bits per heavy atom. The Morgan fingerprint density at radius 2 is 2.21 bits per heavy atom. The topological polar surface area (TPSA) is 75.4 Å². The van der Waals surface area contributed by atoms with Crippen LogP contribution in [-0.2, 0) is 4.79 Å². The van der Waals surface area contributed by atoms with Crippen molar-refractivity contribution in [3.63, 3.8) is 0 Å². The zero-order valence-electron chi connectivity index (χ0n) is 16.7. The summed E-state index contributed by atoms with van der Waals surface area (Å²) in [7, 11) is 0. The third-order valence-corrected chi connectivity index (χ3v) is 6.13. The molecule has 1 aliphatic rings. The van der Waals surface area contributed by atoms with Crippen LogP contribution < -0.4 is 5.32 Å². The van der Waals surface area contributed by atoms with Crippen molar-refractivity contribution in [2.45, 2.75) is 52.4 Å². The normalized spacial score (nSPS) is 16.9. The van der Waals surface area contributed by atoms with Gasteiger partial charge in [-0.3, -0.25) is 9.59 Å². The molecule has 0 radical (unpaired) electrons. The lowest BCUT2D eigenvalue weighted by Crippen LogP contribution is -2.45. The van der Waals surface area contributed by atoms with Crippen molar-refractivity contribution in [1.29, 1.82) is 0 Å². The molecule has 1 saturated heterocycles. The maximum atomic E-state index is 13.0. The minimum atomic E-state index is -0.132. The fourth-order valence-electron chi connectivity index (χ4n) is 3.53. The number of aryl methyl sites for hydroxylation is 1. The molecule has 2 amide bonds. The molecule has 7 heteroatoms. The maximum absolute atomic E-state index is 13.0. The van der Waals surface area contributed by atoms with Crippen LogP contribution >= 0.6 is 11.3 Å². The molecule has 3 heterocycles. The number of furan rings is 1. The molecule has 2 aromatic heterocycles. The quantitative estimate of drug-likeness (QED) is 0.668. The Balaban J connectivity index is 1.58. The molecule has 1 fully saturated rings. The van der Waals surface area contributed by atoms with Gasteiger partial charge < -0.3 is 14.6 Å². The van der Waals surface area contributed by atoms with E-state index >= 15 is 0 Å². The van der Waals surface area contributed by atoms with E-state index in [0.717, 1.165) is 37.1 Å². The van der Waals surface area contributed by atoms with Gasteiger partial charge in [0.05, 0.1) is 12.2 Å². The number of carbonyl (C=O) groups excluding carboxylic acids is 2. The van der Waals surface area contributed by atoms with Crippen molar-refractivity contribution in [3.05, 3.63) is 29.0 Å². The number of nitrogens with one attached hydrogen (secondary N) is 1. The Morgan fingerprint density at radius 3 is 2.96 bits per heavy atom. The number of unbranched alkanes of at least 4 members (excludes halogenated alkanes) is 3. The molecule has 2 aromatic rings. The number of hydrogen-bond acceptors (Lipinski definition) is 5. The molecule has 0 spiro atoms. The Labute approximate surface area is 170 Å². The summed E-state index contributed by atoms with van der Waals surface area (Å²) < 4.78 is 5.39. The predicted octanol–water partition coefficient (Wildman–Crippen LogP) is 4.26. The number of amides is 2. The first-order valence-electron chi connectivity index (χ1n) is 10.2. The van der Waals surface area contributed by atoms with E-state index in [1.807, 2.05) is 19.1 Å². The Kier molecular flexibility index (Phi) is 7.25. The van der Waals surface area contributed by atoms with Crippen molar-refractivity contribution in [1.82, 2.24) is 15.2 Å². The Hall–Kier alpha value is -2.15. The summed E-state index contributed by atoms with van der Waals surface area (Å²) in [5.41, 5.74) is 0.469. The number of hydrogen-bond donors (Lipinski definition) is 1. The largest absolute Gasteiger partial charge is 0.462 e. The van der Waals surface area contributed by atoms with Crippen LogP contribution in [0.25, 0.3) is 10.8 Å². The van der Waals surface area contributed by atoms with Crippen LogP contribution in [0.1, 0.15) is 60.8 Å². The van der Waals surface area contributed by atoms with E-state index in [-0.39, 0.29) is 17.7 Å². The highest BCUT2D eigenvalue weighted by Crippen LogP contribution is 2.29. The minimum absolute atomic E-state index is 0.0697. The molecule has 0 aromatic carbocycles. The van der Waals surface area contributed by atoms with Gasteiger partial charge in [0.1, 0.15) is 5.69 Å². The lowest BCUT2D eigenvalue weighted by atomic mass is 9.96. The van der Waals surface area contributed by atoms with Gasteiger partial charge in [0.15, 0.2) is 10.8 Å². The van der Waals surface area contributed by atoms with Crippen molar-refractivity contribution in [2.24, 2.45) is 5.92 Å². The number of thiazole rings is 1. The fraction of sp³-hybridized carbons (Fsp3) is 0.571. The molecular weight excluding hydrogens is 374 g/mol. The monoisotopic (exact) mass is 403 g/mol. The summed E-state index contributed by atoms with van der Waals surface area (Å²) in [6, 6.07) is 3.65. The number of aromatic nitrogens is 1. The van der Waals surface area contributed by atoms with Crippen molar-refractivity contribution < 1.29 is 14.0 Å². The van der Waals surface area contributed by atoms with Gasteiger partial charge >= 0.3 is 0 Å². The van der Waals surface area contributed by atoms with Crippen molar-refractivity contribution in [3.8, 4) is 10.8 Å². The average Bonchev–Trinajstić information content (AvgIpc) is 3.37. The van der Waals surface area contributed by atoms with E-state index in [1.54, 1.807) is 11.2 Å². The van der Waals surface area contributed by atoms with Gasteiger partial charge in [0, 0.05) is 24.5 Å². The van der Waals surface area contributed by atoms with E-state index in [0.29, 0.717) is 29.6 Å². The highest BCUT2D eigenvalue weighted by molar-refractivity contribution is 7.15. The van der Waals surface area contributed by atoms with Crippen LogP contribution in [0.4, 0.5) is 0 Å². The van der Waals surface area contributed by atoms with Crippen LogP contribution in [0, 0.1) is 12.8 Å². The first-order chi connectivity index (χ1) is 13.6. The van der Waals surface area contributed by atoms with Crippen LogP contribution in [0.15, 0.2) is 22.8 Å². The molecule has 6 nitrogen and oxygen atoms in total. The summed E-state index contributed by atoms with van der Waals surface area (Å²) in [6.07, 6.45) is 7.82. The second-order valence-corrected chi connectivity index (χ2v) is 8.55. The molecule has 3 rings (SSSR count). The average molecular weight is 404 g/mol. The highest BCUT2D eigenvalue weighted by atomic mass is 32.1. The lowest BCUT2D eigenvalue weighted by Gasteiger charge is -2.31. The molecule has 1 aliphatic heterocycles. The van der Waals surface area contributed by atoms with Gasteiger partial charge in [-0.2, -0.15) is 0 Å². The van der Waals surface area contributed by atoms with Gasteiger partial charge in [-0.25, -0.2) is 4.98 Å². The Bertz CT molecular complexity index is 785. The van der Waals surface area contributed by atoms with Crippen LogP contribution in [0.3, 0.4) is 0 Å². The van der Waals surface area contributed by atoms with Crippen LogP contribution in [0.5, 0.6) is 0 Å². The number of likely N-dealkylation sites (tertiary alicyclic amines) is 1. The summed E-state index contributed by atoms with van der Waals surface area (Å²) in [4.78, 5) is 32.7. The molecule has 152 valence electrons. The van der Waals surface area contributed by atoms with Gasteiger partial charge in [0.2, 0.25) is 5.91 Å². The van der Waals surface area contributed by atoms with E-state index in [1.165, 1.54) is 24.2 Å². The number of nitrogens with zero attached hydrogens (tertiary/aromatic N) is 2. The molecular formula is C21H29N3O3S. The first-order valence-corrected chi connectivity index (χ1v) is 11.0. The number of piperidine rings is 1. The van der Waals surface area contributed by atoms with Gasteiger partial charge in [0.25, 0.3) is 5.91 Å². The standard InChI is InChI=1S/C21H29N3O3S/c1-3-4-5-6-11-22-19(25)16-9-7-12-24(14-16)21(26)18-15(2)28-20(23-18)17-10-8-13-27-17/h8,10,13,16H,3-7,9,11-12,14H2,1-2H3,(H,22,25). The van der Waals surface area contributed by atoms with E-state index in [4.69, 9.17) is 4.42 Å². The molecule has 1 N–H and O–H groups in total.